The molecule has 0 aliphatic carbocycles. The maximum Gasteiger partial charge on any atom is 0.337 e. The van der Waals surface area contributed by atoms with Crippen molar-refractivity contribution in [1.82, 2.24) is 0 Å². The minimum atomic E-state index is -0.569. The van der Waals surface area contributed by atoms with Crippen LogP contribution in [0.5, 0.6) is 0 Å². The third-order valence-corrected chi connectivity index (χ3v) is 2.77. The van der Waals surface area contributed by atoms with E-state index in [1.165, 1.54) is 32.2 Å². The molecule has 0 heterocycles. The van der Waals surface area contributed by atoms with Crippen molar-refractivity contribution in [2.75, 3.05) is 12.4 Å². The SMILES string of the molecule is C#CCCCC(=O)Nc1cc(C(C)=O)cc(C(=O)OC)c1. The number of esters is 1. The molecule has 5 heteroatoms. The lowest BCUT2D eigenvalue weighted by atomic mass is 10.1. The molecule has 1 amide bonds. The number of ether oxygens (including phenoxy) is 1. The standard InChI is InChI=1S/C16H17NO4/c1-4-5-6-7-15(19)17-14-9-12(11(2)18)8-13(10-14)16(20)21-3/h1,8-10H,5-7H2,2-3H3,(H,17,19). The zero-order valence-electron chi connectivity index (χ0n) is 12.1. The Hall–Kier alpha value is -2.61. The normalized spacial score (nSPS) is 9.57. The fourth-order valence-electron chi connectivity index (χ4n) is 1.71. The van der Waals surface area contributed by atoms with Crippen molar-refractivity contribution in [3.63, 3.8) is 0 Å². The van der Waals surface area contributed by atoms with Gasteiger partial charge in [0.05, 0.1) is 12.7 Å². The number of anilines is 1. The zero-order valence-corrected chi connectivity index (χ0v) is 12.1. The number of hydrogen-bond acceptors (Lipinski definition) is 4. The van der Waals surface area contributed by atoms with Crippen molar-refractivity contribution in [3.8, 4) is 12.3 Å². The van der Waals surface area contributed by atoms with Crippen molar-refractivity contribution in [2.45, 2.75) is 26.2 Å². The third-order valence-electron chi connectivity index (χ3n) is 2.77. The lowest BCUT2D eigenvalue weighted by Gasteiger charge is -2.09. The highest BCUT2D eigenvalue weighted by molar-refractivity contribution is 6.01. The molecule has 1 aromatic carbocycles. The zero-order chi connectivity index (χ0) is 15.8. The van der Waals surface area contributed by atoms with Gasteiger partial charge in [-0.1, -0.05) is 0 Å². The van der Waals surface area contributed by atoms with Crippen LogP contribution in [0.1, 0.15) is 46.9 Å². The van der Waals surface area contributed by atoms with Gasteiger partial charge >= 0.3 is 5.97 Å². The molecule has 1 rings (SSSR count). The number of amides is 1. The van der Waals surface area contributed by atoms with E-state index >= 15 is 0 Å². The van der Waals surface area contributed by atoms with E-state index in [1.807, 2.05) is 0 Å². The predicted molar refractivity (Wildman–Crippen MR) is 79.1 cm³/mol. The van der Waals surface area contributed by atoms with Gasteiger partial charge in [0.15, 0.2) is 5.78 Å². The maximum atomic E-state index is 11.7. The highest BCUT2D eigenvalue weighted by Gasteiger charge is 2.12. The summed E-state index contributed by atoms with van der Waals surface area (Å²) in [6.45, 7) is 1.38. The summed E-state index contributed by atoms with van der Waals surface area (Å²) >= 11 is 0. The Morgan fingerprint density at radius 1 is 1.24 bits per heavy atom. The minimum absolute atomic E-state index is 0.205. The molecule has 5 nitrogen and oxygen atoms in total. The van der Waals surface area contributed by atoms with Gasteiger partial charge in [0, 0.05) is 24.1 Å². The number of nitrogens with one attached hydrogen (secondary N) is 1. The van der Waals surface area contributed by atoms with Crippen LogP contribution in [0.3, 0.4) is 0 Å². The van der Waals surface area contributed by atoms with Crippen molar-refractivity contribution < 1.29 is 19.1 Å². The second kappa shape index (κ2) is 7.85. The number of Topliss-reactive ketones (excluding diaryl/α,β-unsaturated/α-hetero) is 1. The molecule has 0 unspecified atom stereocenters. The number of hydrogen-bond donors (Lipinski definition) is 1. The predicted octanol–water partition coefficient (Wildman–Crippen LogP) is 2.42. The van der Waals surface area contributed by atoms with Gasteiger partial charge in [0.1, 0.15) is 0 Å². The number of carbonyl (C=O) groups is 3. The van der Waals surface area contributed by atoms with Crippen LogP contribution >= 0.6 is 0 Å². The van der Waals surface area contributed by atoms with Gasteiger partial charge in [-0.15, -0.1) is 12.3 Å². The quantitative estimate of drug-likeness (QED) is 0.377. The first-order valence-electron chi connectivity index (χ1n) is 6.45. The van der Waals surface area contributed by atoms with Crippen LogP contribution in [0.2, 0.25) is 0 Å². The second-order valence-corrected chi connectivity index (χ2v) is 4.45. The lowest BCUT2D eigenvalue weighted by molar-refractivity contribution is -0.116. The average Bonchev–Trinajstić information content (AvgIpc) is 2.46. The Labute approximate surface area is 123 Å². The van der Waals surface area contributed by atoms with E-state index in [0.717, 1.165) is 0 Å². The van der Waals surface area contributed by atoms with Gasteiger partial charge in [-0.3, -0.25) is 9.59 Å². The average molecular weight is 287 g/mol. The number of methoxy groups -OCH3 is 1. The number of carbonyl (C=O) groups excluding carboxylic acids is 3. The van der Waals surface area contributed by atoms with Crippen LogP contribution in [0.15, 0.2) is 18.2 Å². The molecule has 0 fully saturated rings. The van der Waals surface area contributed by atoms with Gasteiger partial charge in [0.2, 0.25) is 5.91 Å². The summed E-state index contributed by atoms with van der Waals surface area (Å²) in [7, 11) is 1.25. The molecule has 1 N–H and O–H groups in total. The number of ketones is 1. The maximum absolute atomic E-state index is 11.7. The molecule has 0 saturated heterocycles. The summed E-state index contributed by atoms with van der Waals surface area (Å²) in [6.07, 6.45) is 6.50. The highest BCUT2D eigenvalue weighted by Crippen LogP contribution is 2.17. The van der Waals surface area contributed by atoms with E-state index in [0.29, 0.717) is 24.1 Å². The molecule has 0 aliphatic rings. The molecule has 0 saturated carbocycles. The first kappa shape index (κ1) is 16.4. The Balaban J connectivity index is 2.93. The summed E-state index contributed by atoms with van der Waals surface area (Å²) in [5, 5.41) is 2.65. The van der Waals surface area contributed by atoms with E-state index in [-0.39, 0.29) is 23.7 Å². The molecule has 0 atom stereocenters. The first-order valence-corrected chi connectivity index (χ1v) is 6.45. The van der Waals surface area contributed by atoms with Crippen LogP contribution in [0, 0.1) is 12.3 Å². The van der Waals surface area contributed by atoms with E-state index in [4.69, 9.17) is 6.42 Å². The highest BCUT2D eigenvalue weighted by atomic mass is 16.5. The van der Waals surface area contributed by atoms with Gasteiger partial charge in [-0.25, -0.2) is 4.79 Å². The van der Waals surface area contributed by atoms with E-state index in [9.17, 15) is 14.4 Å². The Morgan fingerprint density at radius 3 is 2.48 bits per heavy atom. The minimum Gasteiger partial charge on any atom is -0.465 e. The van der Waals surface area contributed by atoms with E-state index in [1.54, 1.807) is 0 Å². The topological polar surface area (TPSA) is 72.5 Å². The van der Waals surface area contributed by atoms with Crippen LogP contribution in [0.25, 0.3) is 0 Å². The summed E-state index contributed by atoms with van der Waals surface area (Å²) in [4.78, 5) is 34.8. The number of terminal acetylenes is 1. The van der Waals surface area contributed by atoms with Gasteiger partial charge in [-0.05, 0) is 31.5 Å². The van der Waals surface area contributed by atoms with Crippen molar-refractivity contribution in [2.24, 2.45) is 0 Å². The third kappa shape index (κ3) is 5.11. The van der Waals surface area contributed by atoms with Crippen LogP contribution in [0.4, 0.5) is 5.69 Å². The molecule has 0 radical (unpaired) electrons. The Bertz CT molecular complexity index is 599. The second-order valence-electron chi connectivity index (χ2n) is 4.45. The summed E-state index contributed by atoms with van der Waals surface area (Å²) in [5.74, 6) is 1.46. The summed E-state index contributed by atoms with van der Waals surface area (Å²) in [5.41, 5.74) is 0.926. The molecule has 110 valence electrons. The lowest BCUT2D eigenvalue weighted by Crippen LogP contribution is -2.13. The van der Waals surface area contributed by atoms with Crippen molar-refractivity contribution in [1.29, 1.82) is 0 Å². The molecule has 0 aliphatic heterocycles. The fraction of sp³-hybridized carbons (Fsp3) is 0.312. The van der Waals surface area contributed by atoms with E-state index in [2.05, 4.69) is 16.0 Å². The first-order chi connectivity index (χ1) is 9.97. The molecule has 0 aromatic heterocycles. The van der Waals surface area contributed by atoms with Crippen LogP contribution in [-0.2, 0) is 9.53 Å². The smallest absolute Gasteiger partial charge is 0.337 e. The largest absolute Gasteiger partial charge is 0.465 e. The van der Waals surface area contributed by atoms with Gasteiger partial charge < -0.3 is 10.1 Å². The number of benzene rings is 1. The van der Waals surface area contributed by atoms with Gasteiger partial charge in [0.25, 0.3) is 0 Å². The van der Waals surface area contributed by atoms with Crippen LogP contribution in [-0.4, -0.2) is 24.8 Å². The monoisotopic (exact) mass is 287 g/mol. The number of unbranched alkanes of at least 4 members (excludes halogenated alkanes) is 1. The van der Waals surface area contributed by atoms with Crippen molar-refractivity contribution in [3.05, 3.63) is 29.3 Å². The van der Waals surface area contributed by atoms with Crippen LogP contribution < -0.4 is 5.32 Å². The molecule has 0 spiro atoms. The number of rotatable bonds is 6. The fourth-order valence-corrected chi connectivity index (χ4v) is 1.71. The Morgan fingerprint density at radius 2 is 1.90 bits per heavy atom. The Kier molecular flexibility index (Phi) is 6.15. The molecule has 21 heavy (non-hydrogen) atoms. The van der Waals surface area contributed by atoms with E-state index < -0.39 is 5.97 Å². The summed E-state index contributed by atoms with van der Waals surface area (Å²) < 4.78 is 4.63. The molecular formula is C16H17NO4. The molecule has 0 bridgehead atoms. The molecular weight excluding hydrogens is 270 g/mol. The van der Waals surface area contributed by atoms with Gasteiger partial charge in [-0.2, -0.15) is 0 Å². The van der Waals surface area contributed by atoms with Crippen molar-refractivity contribution >= 4 is 23.3 Å². The molecule has 1 aromatic rings. The summed E-state index contributed by atoms with van der Waals surface area (Å²) in [6, 6.07) is 4.42.